The van der Waals surface area contributed by atoms with Crippen molar-refractivity contribution in [3.05, 3.63) is 102 Å². The lowest BCUT2D eigenvalue weighted by Gasteiger charge is -2.17. The number of hydrogen-bond acceptors (Lipinski definition) is 4. The molecule has 1 heterocycles. The Labute approximate surface area is 210 Å². The van der Waals surface area contributed by atoms with Crippen molar-refractivity contribution in [1.82, 2.24) is 14.9 Å². The van der Waals surface area contributed by atoms with E-state index >= 15 is 0 Å². The average Bonchev–Trinajstić information content (AvgIpc) is 3.29. The Kier molecular flexibility index (Phi) is 6.85. The van der Waals surface area contributed by atoms with Gasteiger partial charge in [0, 0.05) is 11.9 Å². The molecule has 0 aliphatic carbocycles. The van der Waals surface area contributed by atoms with Gasteiger partial charge in [0.05, 0.1) is 36.4 Å². The molecule has 1 amide bonds. The smallest absolute Gasteiger partial charge is 0.255 e. The Balaban J connectivity index is 1.32. The number of carbonyl (C=O) groups is 1. The van der Waals surface area contributed by atoms with Crippen molar-refractivity contribution in [2.45, 2.75) is 25.9 Å². The molecule has 1 aromatic heterocycles. The summed E-state index contributed by atoms with van der Waals surface area (Å²) in [6.07, 6.45) is 0.795. The van der Waals surface area contributed by atoms with Gasteiger partial charge in [0.15, 0.2) is 0 Å². The number of methoxy groups -OCH3 is 1. The third kappa shape index (κ3) is 4.75. The Hall–Kier alpha value is -4.32. The van der Waals surface area contributed by atoms with E-state index in [-0.39, 0.29) is 11.9 Å². The summed E-state index contributed by atoms with van der Waals surface area (Å²) in [4.78, 5) is 17.9. The first-order valence-electron chi connectivity index (χ1n) is 12.2. The molecule has 0 spiro atoms. The van der Waals surface area contributed by atoms with Crippen LogP contribution in [0.3, 0.4) is 0 Å². The number of aryl methyl sites for hydroxylation is 1. The number of carbonyl (C=O) groups excluding carboxylic acids is 1. The van der Waals surface area contributed by atoms with E-state index in [9.17, 15) is 4.79 Å². The van der Waals surface area contributed by atoms with Gasteiger partial charge >= 0.3 is 0 Å². The van der Waals surface area contributed by atoms with Gasteiger partial charge in [-0.05, 0) is 49.1 Å². The molecule has 0 saturated heterocycles. The molecule has 6 heteroatoms. The molecule has 0 bridgehead atoms. The molecule has 1 N–H and O–H groups in total. The first kappa shape index (κ1) is 23.4. The van der Waals surface area contributed by atoms with E-state index in [1.807, 2.05) is 61.5 Å². The highest BCUT2D eigenvalue weighted by Crippen LogP contribution is 2.26. The summed E-state index contributed by atoms with van der Waals surface area (Å²) in [6, 6.07) is 29.3. The summed E-state index contributed by atoms with van der Waals surface area (Å²) >= 11 is 0. The quantitative estimate of drug-likeness (QED) is 0.257. The van der Waals surface area contributed by atoms with E-state index < -0.39 is 0 Å². The van der Waals surface area contributed by atoms with Crippen LogP contribution in [0.25, 0.3) is 21.8 Å². The van der Waals surface area contributed by atoms with E-state index in [1.165, 1.54) is 0 Å². The molecule has 6 nitrogen and oxygen atoms in total. The summed E-state index contributed by atoms with van der Waals surface area (Å²) in [5, 5.41) is 5.37. The van der Waals surface area contributed by atoms with Crippen LogP contribution in [-0.2, 0) is 6.54 Å². The standard InChI is InChI=1S/C30H29N3O3/c1-21(31-30(34)24-14-5-8-17-27(24)35-2)29-32-25-15-6-7-16-26(25)33(29)19-10-20-36-28-18-9-12-22-11-3-4-13-23(22)28/h3-9,11-18,21H,10,19-20H2,1-2H3,(H,31,34). The van der Waals surface area contributed by atoms with Crippen LogP contribution in [0.5, 0.6) is 11.5 Å². The van der Waals surface area contributed by atoms with Gasteiger partial charge < -0.3 is 19.4 Å². The highest BCUT2D eigenvalue weighted by atomic mass is 16.5. The summed E-state index contributed by atoms with van der Waals surface area (Å²) in [6.45, 7) is 3.25. The topological polar surface area (TPSA) is 65.4 Å². The lowest BCUT2D eigenvalue weighted by atomic mass is 10.1. The third-order valence-electron chi connectivity index (χ3n) is 6.30. The second-order valence-corrected chi connectivity index (χ2v) is 8.69. The third-order valence-corrected chi connectivity index (χ3v) is 6.30. The Morgan fingerprint density at radius 1 is 0.917 bits per heavy atom. The largest absolute Gasteiger partial charge is 0.496 e. The normalized spacial score (nSPS) is 11.9. The lowest BCUT2D eigenvalue weighted by Crippen LogP contribution is -2.29. The van der Waals surface area contributed by atoms with Crippen molar-refractivity contribution < 1.29 is 14.3 Å². The summed E-state index contributed by atoms with van der Waals surface area (Å²) in [7, 11) is 1.56. The number of fused-ring (bicyclic) bond motifs is 2. The highest BCUT2D eigenvalue weighted by Gasteiger charge is 2.20. The van der Waals surface area contributed by atoms with Crippen LogP contribution in [-0.4, -0.2) is 29.2 Å². The number of para-hydroxylation sites is 3. The SMILES string of the molecule is COc1ccccc1C(=O)NC(C)c1nc2ccccc2n1CCCOc1cccc2ccccc12. The van der Waals surface area contributed by atoms with E-state index in [2.05, 4.69) is 34.1 Å². The van der Waals surface area contributed by atoms with Gasteiger partial charge in [-0.2, -0.15) is 0 Å². The van der Waals surface area contributed by atoms with Crippen LogP contribution in [0.2, 0.25) is 0 Å². The molecule has 0 aliphatic rings. The summed E-state index contributed by atoms with van der Waals surface area (Å²) in [5.41, 5.74) is 2.44. The van der Waals surface area contributed by atoms with Gasteiger partial charge in [0.2, 0.25) is 0 Å². The van der Waals surface area contributed by atoms with Crippen LogP contribution in [0.1, 0.15) is 35.6 Å². The molecule has 5 aromatic rings. The molecule has 1 unspecified atom stereocenters. The number of nitrogens with zero attached hydrogens (tertiary/aromatic N) is 2. The zero-order valence-corrected chi connectivity index (χ0v) is 20.5. The van der Waals surface area contributed by atoms with Crippen molar-refractivity contribution in [3.8, 4) is 11.5 Å². The zero-order chi connectivity index (χ0) is 24.9. The van der Waals surface area contributed by atoms with E-state index in [4.69, 9.17) is 14.5 Å². The molecule has 4 aromatic carbocycles. The zero-order valence-electron chi connectivity index (χ0n) is 20.5. The van der Waals surface area contributed by atoms with Gasteiger partial charge in [-0.3, -0.25) is 4.79 Å². The van der Waals surface area contributed by atoms with Gasteiger partial charge in [-0.1, -0.05) is 60.7 Å². The number of ether oxygens (including phenoxy) is 2. The molecule has 0 radical (unpaired) electrons. The molecule has 0 fully saturated rings. The Bertz CT molecular complexity index is 1500. The monoisotopic (exact) mass is 479 g/mol. The maximum Gasteiger partial charge on any atom is 0.255 e. The van der Waals surface area contributed by atoms with Crippen molar-refractivity contribution in [1.29, 1.82) is 0 Å². The van der Waals surface area contributed by atoms with Crippen molar-refractivity contribution in [2.24, 2.45) is 0 Å². The lowest BCUT2D eigenvalue weighted by molar-refractivity contribution is 0.0934. The van der Waals surface area contributed by atoms with Crippen molar-refractivity contribution in [2.75, 3.05) is 13.7 Å². The second-order valence-electron chi connectivity index (χ2n) is 8.69. The molecule has 5 rings (SSSR count). The van der Waals surface area contributed by atoms with Crippen LogP contribution in [0.4, 0.5) is 0 Å². The fraction of sp³-hybridized carbons (Fsp3) is 0.200. The van der Waals surface area contributed by atoms with E-state index in [1.54, 1.807) is 19.2 Å². The van der Waals surface area contributed by atoms with Gasteiger partial charge in [0.1, 0.15) is 17.3 Å². The van der Waals surface area contributed by atoms with Crippen LogP contribution >= 0.6 is 0 Å². The summed E-state index contributed by atoms with van der Waals surface area (Å²) in [5.74, 6) is 2.05. The minimum atomic E-state index is -0.297. The highest BCUT2D eigenvalue weighted by molar-refractivity contribution is 5.97. The van der Waals surface area contributed by atoms with Crippen molar-refractivity contribution >= 4 is 27.7 Å². The first-order valence-corrected chi connectivity index (χ1v) is 12.2. The molecule has 0 saturated carbocycles. The first-order chi connectivity index (χ1) is 17.7. The molecular formula is C30H29N3O3. The van der Waals surface area contributed by atoms with Crippen LogP contribution in [0.15, 0.2) is 91.0 Å². The van der Waals surface area contributed by atoms with Gasteiger partial charge in [-0.25, -0.2) is 4.98 Å². The van der Waals surface area contributed by atoms with E-state index in [0.29, 0.717) is 17.9 Å². The minimum absolute atomic E-state index is 0.196. The number of aromatic nitrogens is 2. The van der Waals surface area contributed by atoms with Crippen LogP contribution < -0.4 is 14.8 Å². The maximum atomic E-state index is 13.0. The molecular weight excluding hydrogens is 450 g/mol. The number of imidazole rings is 1. The molecule has 182 valence electrons. The fourth-order valence-electron chi connectivity index (χ4n) is 4.56. The predicted octanol–water partition coefficient (Wildman–Crippen LogP) is 6.16. The Morgan fingerprint density at radius 2 is 1.64 bits per heavy atom. The molecule has 1 atom stereocenters. The molecule has 36 heavy (non-hydrogen) atoms. The number of nitrogens with one attached hydrogen (secondary N) is 1. The average molecular weight is 480 g/mol. The number of benzene rings is 4. The Morgan fingerprint density at radius 3 is 2.53 bits per heavy atom. The predicted molar refractivity (Wildman–Crippen MR) is 143 cm³/mol. The minimum Gasteiger partial charge on any atom is -0.496 e. The number of amides is 1. The summed E-state index contributed by atoms with van der Waals surface area (Å²) < 4.78 is 13.7. The number of rotatable bonds is 9. The van der Waals surface area contributed by atoms with Crippen molar-refractivity contribution in [3.63, 3.8) is 0 Å². The van der Waals surface area contributed by atoms with E-state index in [0.717, 1.165) is 46.3 Å². The molecule has 0 aliphatic heterocycles. The maximum absolute atomic E-state index is 13.0. The van der Waals surface area contributed by atoms with Crippen LogP contribution in [0, 0.1) is 0 Å². The van der Waals surface area contributed by atoms with Gasteiger partial charge in [-0.15, -0.1) is 0 Å². The second kappa shape index (κ2) is 10.5. The fourth-order valence-corrected chi connectivity index (χ4v) is 4.56. The number of hydrogen-bond donors (Lipinski definition) is 1. The van der Waals surface area contributed by atoms with Gasteiger partial charge in [0.25, 0.3) is 5.91 Å².